The van der Waals surface area contributed by atoms with E-state index in [1.54, 1.807) is 0 Å². The molecule has 3 aliphatic heterocycles. The van der Waals surface area contributed by atoms with Gasteiger partial charge in [0.25, 0.3) is 0 Å². The Kier molecular flexibility index (Phi) is 8.46. The minimum atomic E-state index is -0.178. The maximum absolute atomic E-state index is 5.03. The lowest BCUT2D eigenvalue weighted by Crippen LogP contribution is -2.52. The van der Waals surface area contributed by atoms with Gasteiger partial charge in [-0.25, -0.2) is 0 Å². The van der Waals surface area contributed by atoms with Gasteiger partial charge in [-0.1, -0.05) is 36.4 Å². The summed E-state index contributed by atoms with van der Waals surface area (Å²) >= 11 is 0. The van der Waals surface area contributed by atoms with E-state index in [0.717, 1.165) is 34.6 Å². The van der Waals surface area contributed by atoms with Crippen molar-refractivity contribution in [3.8, 4) is 33.4 Å². The van der Waals surface area contributed by atoms with Crippen molar-refractivity contribution in [2.45, 2.75) is 137 Å². The van der Waals surface area contributed by atoms with E-state index in [9.17, 15) is 0 Å². The van der Waals surface area contributed by atoms with Crippen LogP contribution in [0.2, 0.25) is 0 Å². The molecule has 282 valence electrons. The molecule has 0 atom stereocenters. The van der Waals surface area contributed by atoms with Crippen LogP contribution in [0.25, 0.3) is 33.4 Å². The van der Waals surface area contributed by atoms with Crippen LogP contribution in [0.3, 0.4) is 0 Å². The second-order valence-electron chi connectivity index (χ2n) is 18.8. The number of nitrogens with zero attached hydrogens (tertiary/aromatic N) is 6. The molecule has 4 aromatic carbocycles. The molecule has 0 fully saturated rings. The van der Waals surface area contributed by atoms with Gasteiger partial charge in [-0.15, -0.1) is 0 Å². The quantitative estimate of drug-likeness (QED) is 0.199. The second kappa shape index (κ2) is 12.1. The Hall–Kier alpha value is -4.71. The van der Waals surface area contributed by atoms with Crippen LogP contribution in [-0.4, -0.2) is 50.7 Å². The van der Waals surface area contributed by atoms with Gasteiger partial charge in [0.05, 0.1) is 33.2 Å². The van der Waals surface area contributed by atoms with Gasteiger partial charge < -0.3 is 14.7 Å². The molecule has 0 saturated carbocycles. The van der Waals surface area contributed by atoms with Crippen LogP contribution in [0.15, 0.2) is 106 Å². The van der Waals surface area contributed by atoms with Crippen molar-refractivity contribution in [3.05, 3.63) is 91.0 Å². The first-order valence-corrected chi connectivity index (χ1v) is 19.6. The molecule has 3 aliphatic rings. The largest absolute Gasteiger partial charge is 0.322 e. The lowest BCUT2D eigenvalue weighted by atomic mass is 9.83. The highest BCUT2D eigenvalue weighted by Gasteiger charge is 2.50. The van der Waals surface area contributed by atoms with Crippen LogP contribution < -0.4 is 14.7 Å². The van der Waals surface area contributed by atoms with E-state index in [2.05, 4.69) is 210 Å². The smallest absolute Gasteiger partial charge is 0.102 e. The van der Waals surface area contributed by atoms with Crippen molar-refractivity contribution < 1.29 is 0 Å². The van der Waals surface area contributed by atoms with Crippen molar-refractivity contribution in [2.24, 2.45) is 15.0 Å². The summed E-state index contributed by atoms with van der Waals surface area (Å²) in [4.78, 5) is 22.2. The average Bonchev–Trinajstić information content (AvgIpc) is 3.44. The topological polar surface area (TPSA) is 46.8 Å². The van der Waals surface area contributed by atoms with Gasteiger partial charge in [-0.05, 0) is 192 Å². The molecule has 4 aromatic rings. The molecule has 0 aromatic heterocycles. The minimum absolute atomic E-state index is 0.140. The third-order valence-corrected chi connectivity index (χ3v) is 13.8. The standard InChI is InChI=1S/C48H60N6/c1-31-49-43(4,5)46(10,11)52(31)40-22-16-34(17-23-40)37-28-38(35-18-24-41(25-19-35)53-32(2)50-44(6,7)47(53,12)13)30-39(29-37)36-20-26-42(27-21-36)54-33(3)51-45(8,9)48(54,14)15/h16-30H,1-15H3. The zero-order valence-corrected chi connectivity index (χ0v) is 35.3. The summed E-state index contributed by atoms with van der Waals surface area (Å²) in [6.45, 7) is 33.4. The maximum atomic E-state index is 5.03. The number of benzene rings is 4. The fourth-order valence-electron chi connectivity index (χ4n) is 8.87. The van der Waals surface area contributed by atoms with Gasteiger partial charge >= 0.3 is 0 Å². The highest BCUT2D eigenvalue weighted by atomic mass is 15.3. The molecule has 6 nitrogen and oxygen atoms in total. The molecule has 7 rings (SSSR count). The van der Waals surface area contributed by atoms with Gasteiger partial charge in [0, 0.05) is 17.1 Å². The van der Waals surface area contributed by atoms with E-state index >= 15 is 0 Å². The molecular formula is C48H60N6. The van der Waals surface area contributed by atoms with E-state index in [0.29, 0.717) is 0 Å². The molecule has 0 radical (unpaired) electrons. The molecule has 0 aliphatic carbocycles. The molecule has 0 unspecified atom stereocenters. The number of anilines is 3. The van der Waals surface area contributed by atoms with Crippen molar-refractivity contribution in [1.29, 1.82) is 0 Å². The molecule has 6 heteroatoms. The van der Waals surface area contributed by atoms with Crippen molar-refractivity contribution in [2.75, 3.05) is 14.7 Å². The lowest BCUT2D eigenvalue weighted by molar-refractivity contribution is 0.338. The Balaban J connectivity index is 1.28. The first-order chi connectivity index (χ1) is 25.0. The Morgan fingerprint density at radius 3 is 0.685 bits per heavy atom. The van der Waals surface area contributed by atoms with Crippen LogP contribution in [0.4, 0.5) is 17.1 Å². The molecule has 0 amide bonds. The fourth-order valence-corrected chi connectivity index (χ4v) is 8.87. The van der Waals surface area contributed by atoms with Crippen LogP contribution in [-0.2, 0) is 0 Å². The van der Waals surface area contributed by atoms with E-state index in [-0.39, 0.29) is 33.2 Å². The van der Waals surface area contributed by atoms with Gasteiger partial charge in [-0.2, -0.15) is 0 Å². The van der Waals surface area contributed by atoms with Crippen LogP contribution >= 0.6 is 0 Å². The predicted molar refractivity (Wildman–Crippen MR) is 234 cm³/mol. The van der Waals surface area contributed by atoms with Crippen LogP contribution in [0.1, 0.15) is 104 Å². The molecule has 54 heavy (non-hydrogen) atoms. The Morgan fingerprint density at radius 1 is 0.315 bits per heavy atom. The molecule has 0 spiro atoms. The number of hydrogen-bond donors (Lipinski definition) is 0. The Labute approximate surface area is 324 Å². The van der Waals surface area contributed by atoms with Gasteiger partial charge in [0.15, 0.2) is 0 Å². The van der Waals surface area contributed by atoms with Gasteiger partial charge in [0.2, 0.25) is 0 Å². The summed E-state index contributed by atoms with van der Waals surface area (Å²) in [5, 5.41) is 0. The SMILES string of the molecule is CC1=NC(C)(C)C(C)(C)N1c1ccc(-c2cc(-c3ccc(N4C(C)=NC(C)(C)C4(C)C)cc3)cc(-c3ccc(N4C(C)=NC(C)(C)C4(C)C)cc3)c2)cc1. The van der Waals surface area contributed by atoms with E-state index in [4.69, 9.17) is 15.0 Å². The summed E-state index contributed by atoms with van der Waals surface area (Å²) < 4.78 is 0. The molecule has 0 N–H and O–H groups in total. The molecular weight excluding hydrogens is 661 g/mol. The number of amidine groups is 3. The average molecular weight is 721 g/mol. The molecule has 0 bridgehead atoms. The summed E-state index contributed by atoms with van der Waals surface area (Å²) in [7, 11) is 0. The Bertz CT molecular complexity index is 1930. The van der Waals surface area contributed by atoms with Gasteiger partial charge in [-0.3, -0.25) is 15.0 Å². The summed E-state index contributed by atoms with van der Waals surface area (Å²) in [5.74, 6) is 3.16. The predicted octanol–water partition coefficient (Wildman–Crippen LogP) is 12.1. The fraction of sp³-hybridized carbons (Fsp3) is 0.438. The molecule has 0 saturated heterocycles. The zero-order valence-electron chi connectivity index (χ0n) is 35.3. The van der Waals surface area contributed by atoms with E-state index in [1.807, 2.05) is 0 Å². The monoisotopic (exact) mass is 720 g/mol. The minimum Gasteiger partial charge on any atom is -0.322 e. The highest BCUT2D eigenvalue weighted by molar-refractivity contribution is 6.02. The lowest BCUT2D eigenvalue weighted by Gasteiger charge is -2.41. The normalized spacial score (nSPS) is 21.6. The van der Waals surface area contributed by atoms with E-state index in [1.165, 1.54) is 33.4 Å². The summed E-state index contributed by atoms with van der Waals surface area (Å²) in [5.41, 5.74) is 9.64. The maximum Gasteiger partial charge on any atom is 0.102 e. The van der Waals surface area contributed by atoms with Gasteiger partial charge in [0.1, 0.15) is 17.5 Å². The van der Waals surface area contributed by atoms with Crippen LogP contribution in [0.5, 0.6) is 0 Å². The summed E-state index contributed by atoms with van der Waals surface area (Å²) in [6, 6.07) is 34.1. The van der Waals surface area contributed by atoms with Crippen molar-refractivity contribution in [1.82, 2.24) is 0 Å². The van der Waals surface area contributed by atoms with Crippen molar-refractivity contribution >= 4 is 34.6 Å². The van der Waals surface area contributed by atoms with Crippen molar-refractivity contribution in [3.63, 3.8) is 0 Å². The zero-order chi connectivity index (χ0) is 39.4. The Morgan fingerprint density at radius 2 is 0.519 bits per heavy atom. The van der Waals surface area contributed by atoms with E-state index < -0.39 is 0 Å². The summed E-state index contributed by atoms with van der Waals surface area (Å²) in [6.07, 6.45) is 0. The number of rotatable bonds is 6. The number of aliphatic imine (C=N–C) groups is 3. The first kappa shape index (κ1) is 37.6. The first-order valence-electron chi connectivity index (χ1n) is 19.6. The molecule has 3 heterocycles. The third kappa shape index (κ3) is 5.70. The second-order valence-corrected chi connectivity index (χ2v) is 18.8. The van der Waals surface area contributed by atoms with Crippen LogP contribution in [0, 0.1) is 0 Å². The number of hydrogen-bond acceptors (Lipinski definition) is 6. The highest BCUT2D eigenvalue weighted by Crippen LogP contribution is 2.45. The third-order valence-electron chi connectivity index (χ3n) is 13.8.